The second kappa shape index (κ2) is 7.02. The average molecular weight is 369 g/mol. The SMILES string of the molecule is CN(C)Cc1ccc(CNc2cnn(C)c(=O)c2Br)cc1F. The molecule has 0 amide bonds. The van der Waals surface area contributed by atoms with Crippen LogP contribution in [0, 0.1) is 5.82 Å². The molecule has 118 valence electrons. The summed E-state index contributed by atoms with van der Waals surface area (Å²) in [4.78, 5) is 13.7. The van der Waals surface area contributed by atoms with Gasteiger partial charge in [-0.3, -0.25) is 4.79 Å². The zero-order valence-electron chi connectivity index (χ0n) is 12.7. The van der Waals surface area contributed by atoms with E-state index in [4.69, 9.17) is 0 Å². The average Bonchev–Trinajstić information content (AvgIpc) is 2.46. The first-order valence-electron chi connectivity index (χ1n) is 6.76. The summed E-state index contributed by atoms with van der Waals surface area (Å²) in [6.07, 6.45) is 1.56. The minimum absolute atomic E-state index is 0.225. The summed E-state index contributed by atoms with van der Waals surface area (Å²) < 4.78 is 15.7. The Morgan fingerprint density at radius 2 is 2.14 bits per heavy atom. The number of rotatable bonds is 5. The van der Waals surface area contributed by atoms with Gasteiger partial charge in [-0.25, -0.2) is 9.07 Å². The van der Waals surface area contributed by atoms with Gasteiger partial charge in [0.25, 0.3) is 5.56 Å². The molecule has 1 aromatic carbocycles. The molecule has 0 saturated heterocycles. The lowest BCUT2D eigenvalue weighted by Crippen LogP contribution is -2.21. The van der Waals surface area contributed by atoms with E-state index >= 15 is 0 Å². The first-order valence-corrected chi connectivity index (χ1v) is 7.55. The zero-order chi connectivity index (χ0) is 16.3. The van der Waals surface area contributed by atoms with Crippen molar-refractivity contribution in [2.75, 3.05) is 19.4 Å². The third kappa shape index (κ3) is 3.92. The third-order valence-corrected chi connectivity index (χ3v) is 3.93. The minimum Gasteiger partial charge on any atom is -0.379 e. The van der Waals surface area contributed by atoms with Crippen molar-refractivity contribution in [1.29, 1.82) is 0 Å². The summed E-state index contributed by atoms with van der Waals surface area (Å²) >= 11 is 3.24. The van der Waals surface area contributed by atoms with Crippen LogP contribution >= 0.6 is 15.9 Å². The summed E-state index contributed by atoms with van der Waals surface area (Å²) in [7, 11) is 5.38. The fourth-order valence-electron chi connectivity index (χ4n) is 2.00. The van der Waals surface area contributed by atoms with Crippen molar-refractivity contribution in [1.82, 2.24) is 14.7 Å². The summed E-state index contributed by atoms with van der Waals surface area (Å²) in [6.45, 7) is 0.969. The van der Waals surface area contributed by atoms with Gasteiger partial charge in [0, 0.05) is 25.7 Å². The van der Waals surface area contributed by atoms with Crippen molar-refractivity contribution in [3.05, 3.63) is 56.2 Å². The van der Waals surface area contributed by atoms with Gasteiger partial charge in [0.2, 0.25) is 0 Å². The minimum atomic E-state index is -0.228. The van der Waals surface area contributed by atoms with Gasteiger partial charge in [0.15, 0.2) is 0 Å². The molecule has 0 unspecified atom stereocenters. The van der Waals surface area contributed by atoms with E-state index in [9.17, 15) is 9.18 Å². The molecule has 1 N–H and O–H groups in total. The Morgan fingerprint density at radius 1 is 1.41 bits per heavy atom. The lowest BCUT2D eigenvalue weighted by Gasteiger charge is -2.12. The van der Waals surface area contributed by atoms with Crippen LogP contribution in [-0.4, -0.2) is 28.8 Å². The lowest BCUT2D eigenvalue weighted by atomic mass is 10.1. The highest BCUT2D eigenvalue weighted by molar-refractivity contribution is 9.10. The Bertz CT molecular complexity index is 730. The molecule has 0 aliphatic rings. The molecule has 1 heterocycles. The second-order valence-electron chi connectivity index (χ2n) is 5.32. The van der Waals surface area contributed by atoms with Crippen LogP contribution in [0.5, 0.6) is 0 Å². The van der Waals surface area contributed by atoms with Crippen LogP contribution < -0.4 is 10.9 Å². The Kier molecular flexibility index (Phi) is 5.31. The predicted octanol–water partition coefficient (Wildman–Crippen LogP) is 2.36. The van der Waals surface area contributed by atoms with E-state index in [0.717, 1.165) is 5.56 Å². The second-order valence-corrected chi connectivity index (χ2v) is 6.11. The Balaban J connectivity index is 2.11. The fraction of sp³-hybridized carbons (Fsp3) is 0.333. The van der Waals surface area contributed by atoms with Gasteiger partial charge < -0.3 is 10.2 Å². The van der Waals surface area contributed by atoms with Crippen LogP contribution in [-0.2, 0) is 20.1 Å². The van der Waals surface area contributed by atoms with Crippen LogP contribution in [0.4, 0.5) is 10.1 Å². The molecule has 5 nitrogen and oxygen atoms in total. The molecule has 0 spiro atoms. The summed E-state index contributed by atoms with van der Waals surface area (Å²) in [6, 6.07) is 5.16. The Labute approximate surface area is 136 Å². The molecular formula is C15H18BrFN4O. The maximum Gasteiger partial charge on any atom is 0.282 e. The molecule has 0 saturated carbocycles. The smallest absolute Gasteiger partial charge is 0.282 e. The van der Waals surface area contributed by atoms with Crippen molar-refractivity contribution in [2.24, 2.45) is 7.05 Å². The van der Waals surface area contributed by atoms with Crippen molar-refractivity contribution >= 4 is 21.6 Å². The zero-order valence-corrected chi connectivity index (χ0v) is 14.3. The van der Waals surface area contributed by atoms with E-state index < -0.39 is 0 Å². The monoisotopic (exact) mass is 368 g/mol. The Hall–Kier alpha value is -1.73. The number of aryl methyl sites for hydroxylation is 1. The van der Waals surface area contributed by atoms with Gasteiger partial charge in [-0.2, -0.15) is 5.10 Å². The quantitative estimate of drug-likeness (QED) is 0.879. The number of anilines is 1. The van der Waals surface area contributed by atoms with Crippen molar-refractivity contribution in [3.63, 3.8) is 0 Å². The van der Waals surface area contributed by atoms with Gasteiger partial charge in [0.1, 0.15) is 10.3 Å². The molecule has 2 aromatic rings. The highest BCUT2D eigenvalue weighted by Crippen LogP contribution is 2.18. The number of aromatic nitrogens is 2. The number of halogens is 2. The number of benzene rings is 1. The molecule has 7 heteroatoms. The normalized spacial score (nSPS) is 11.0. The number of nitrogens with zero attached hydrogens (tertiary/aromatic N) is 3. The van der Waals surface area contributed by atoms with Gasteiger partial charge >= 0.3 is 0 Å². The standard InChI is InChI=1S/C15H18BrFN4O/c1-20(2)9-11-5-4-10(6-12(11)17)7-18-13-8-19-21(3)15(22)14(13)16/h4-6,8,18H,7,9H2,1-3H3. The van der Waals surface area contributed by atoms with Crippen LogP contribution in [0.25, 0.3) is 0 Å². The van der Waals surface area contributed by atoms with E-state index in [1.54, 1.807) is 19.3 Å². The molecule has 2 rings (SSSR count). The van der Waals surface area contributed by atoms with E-state index in [-0.39, 0.29) is 11.4 Å². The van der Waals surface area contributed by atoms with Crippen molar-refractivity contribution in [3.8, 4) is 0 Å². The van der Waals surface area contributed by atoms with Crippen molar-refractivity contribution in [2.45, 2.75) is 13.1 Å². The van der Waals surface area contributed by atoms with E-state index in [0.29, 0.717) is 28.8 Å². The summed E-state index contributed by atoms with van der Waals surface area (Å²) in [5, 5.41) is 7.03. The largest absolute Gasteiger partial charge is 0.379 e. The molecule has 0 atom stereocenters. The third-order valence-electron chi connectivity index (χ3n) is 3.17. The molecule has 0 bridgehead atoms. The molecule has 0 aliphatic carbocycles. The molecular weight excluding hydrogens is 351 g/mol. The lowest BCUT2D eigenvalue weighted by molar-refractivity contribution is 0.392. The highest BCUT2D eigenvalue weighted by Gasteiger charge is 2.08. The van der Waals surface area contributed by atoms with Gasteiger partial charge in [-0.05, 0) is 41.7 Å². The fourth-order valence-corrected chi connectivity index (χ4v) is 2.50. The molecule has 1 aromatic heterocycles. The van der Waals surface area contributed by atoms with E-state index in [1.165, 1.54) is 10.7 Å². The number of hydrogen-bond acceptors (Lipinski definition) is 4. The summed E-state index contributed by atoms with van der Waals surface area (Å²) in [5.41, 5.74) is 1.82. The van der Waals surface area contributed by atoms with Crippen LogP contribution in [0.3, 0.4) is 0 Å². The predicted molar refractivity (Wildman–Crippen MR) is 88.3 cm³/mol. The molecule has 0 aliphatic heterocycles. The van der Waals surface area contributed by atoms with Crippen LogP contribution in [0.2, 0.25) is 0 Å². The Morgan fingerprint density at radius 3 is 2.77 bits per heavy atom. The first-order chi connectivity index (χ1) is 10.4. The number of nitrogens with one attached hydrogen (secondary N) is 1. The van der Waals surface area contributed by atoms with Crippen LogP contribution in [0.15, 0.2) is 33.7 Å². The van der Waals surface area contributed by atoms with Gasteiger partial charge in [-0.1, -0.05) is 12.1 Å². The topological polar surface area (TPSA) is 50.2 Å². The van der Waals surface area contributed by atoms with Crippen molar-refractivity contribution < 1.29 is 4.39 Å². The maximum atomic E-state index is 14.0. The maximum absolute atomic E-state index is 14.0. The van der Waals surface area contributed by atoms with Crippen LogP contribution in [0.1, 0.15) is 11.1 Å². The van der Waals surface area contributed by atoms with E-state index in [2.05, 4.69) is 26.3 Å². The van der Waals surface area contributed by atoms with Gasteiger partial charge in [-0.15, -0.1) is 0 Å². The van der Waals surface area contributed by atoms with E-state index in [1.807, 2.05) is 25.1 Å². The summed E-state index contributed by atoms with van der Waals surface area (Å²) in [5.74, 6) is -0.228. The highest BCUT2D eigenvalue weighted by atomic mass is 79.9. The first kappa shape index (κ1) is 16.6. The molecule has 0 fully saturated rings. The molecule has 22 heavy (non-hydrogen) atoms. The molecule has 0 radical (unpaired) electrons. The van der Waals surface area contributed by atoms with Gasteiger partial charge in [0.05, 0.1) is 11.9 Å². The number of hydrogen-bond donors (Lipinski definition) is 1.